The molecule has 0 amide bonds. The summed E-state index contributed by atoms with van der Waals surface area (Å²) >= 11 is 0. The molecule has 0 aliphatic heterocycles. The molecule has 0 aromatic heterocycles. The van der Waals surface area contributed by atoms with E-state index in [0.29, 0.717) is 6.54 Å². The van der Waals surface area contributed by atoms with Crippen LogP contribution in [0.4, 0.5) is 0 Å². The Morgan fingerprint density at radius 3 is 2.29 bits per heavy atom. The molecule has 0 spiro atoms. The molecule has 0 bridgehead atoms. The van der Waals surface area contributed by atoms with Gasteiger partial charge in [0.1, 0.15) is 0 Å². The van der Waals surface area contributed by atoms with Crippen molar-refractivity contribution in [2.24, 2.45) is 0 Å². The molecule has 84 valence electrons. The van der Waals surface area contributed by atoms with Crippen LogP contribution in [0.25, 0.3) is 0 Å². The van der Waals surface area contributed by atoms with Gasteiger partial charge in [0.25, 0.3) is 0 Å². The lowest BCUT2D eigenvalue weighted by atomic mass is 9.82. The van der Waals surface area contributed by atoms with Crippen molar-refractivity contribution in [2.45, 2.75) is 43.7 Å². The van der Waals surface area contributed by atoms with Crippen molar-refractivity contribution >= 4 is 0 Å². The summed E-state index contributed by atoms with van der Waals surface area (Å²) in [7, 11) is 0. The monoisotopic (exact) mass is 203 g/mol. The fraction of sp³-hybridized carbons (Fsp3) is 1.00. The summed E-state index contributed by atoms with van der Waals surface area (Å²) in [6, 6.07) is 0. The number of rotatable bonds is 5. The molecule has 0 unspecified atom stereocenters. The average Bonchev–Trinajstić information content (AvgIpc) is 2.27. The van der Waals surface area contributed by atoms with Crippen molar-refractivity contribution in [3.05, 3.63) is 0 Å². The molecular weight excluding hydrogens is 182 g/mol. The smallest absolute Gasteiger partial charge is 0.0895 e. The normalized spacial score (nSPS) is 23.4. The van der Waals surface area contributed by atoms with E-state index in [2.05, 4.69) is 5.32 Å². The summed E-state index contributed by atoms with van der Waals surface area (Å²) in [5.74, 6) is 0. The van der Waals surface area contributed by atoms with Gasteiger partial charge in [0.2, 0.25) is 0 Å². The Labute approximate surface area is 85.0 Å². The van der Waals surface area contributed by atoms with Gasteiger partial charge in [-0.2, -0.15) is 0 Å². The number of nitrogens with one attached hydrogen (secondary N) is 1. The molecule has 4 heteroatoms. The fourth-order valence-electron chi connectivity index (χ4n) is 2.02. The highest BCUT2D eigenvalue weighted by Crippen LogP contribution is 2.27. The molecule has 14 heavy (non-hydrogen) atoms. The third kappa shape index (κ3) is 3.20. The van der Waals surface area contributed by atoms with E-state index in [1.165, 1.54) is 6.42 Å². The van der Waals surface area contributed by atoms with E-state index in [4.69, 9.17) is 5.11 Å². The van der Waals surface area contributed by atoms with Gasteiger partial charge < -0.3 is 20.6 Å². The zero-order valence-electron chi connectivity index (χ0n) is 8.58. The second kappa shape index (κ2) is 5.66. The summed E-state index contributed by atoms with van der Waals surface area (Å²) in [6.45, 7) is 0.247. The maximum atomic E-state index is 9.32. The Balaban J connectivity index is 2.36. The van der Waals surface area contributed by atoms with Crippen LogP contribution in [0.5, 0.6) is 0 Å². The van der Waals surface area contributed by atoms with Gasteiger partial charge in [-0.3, -0.25) is 0 Å². The van der Waals surface area contributed by atoms with Crippen LogP contribution >= 0.6 is 0 Å². The van der Waals surface area contributed by atoms with Crippen molar-refractivity contribution < 1.29 is 15.3 Å². The predicted molar refractivity (Wildman–Crippen MR) is 54.0 cm³/mol. The van der Waals surface area contributed by atoms with Crippen LogP contribution in [0.3, 0.4) is 0 Å². The van der Waals surface area contributed by atoms with E-state index in [-0.39, 0.29) is 18.8 Å². The summed E-state index contributed by atoms with van der Waals surface area (Å²) < 4.78 is 0. The predicted octanol–water partition coefficient (Wildman–Crippen LogP) is -0.376. The van der Waals surface area contributed by atoms with Crippen LogP contribution in [0.1, 0.15) is 32.1 Å². The second-order valence-corrected chi connectivity index (χ2v) is 4.22. The van der Waals surface area contributed by atoms with Crippen molar-refractivity contribution in [1.29, 1.82) is 0 Å². The Bertz CT molecular complexity index is 157. The van der Waals surface area contributed by atoms with Crippen molar-refractivity contribution in [2.75, 3.05) is 19.8 Å². The summed E-state index contributed by atoms with van der Waals surface area (Å²) in [5, 5.41) is 30.4. The van der Waals surface area contributed by atoms with Gasteiger partial charge in [-0.1, -0.05) is 19.3 Å². The molecule has 1 saturated carbocycles. The fourth-order valence-corrected chi connectivity index (χ4v) is 2.02. The highest BCUT2D eigenvalue weighted by atomic mass is 16.3. The van der Waals surface area contributed by atoms with Crippen LogP contribution in [0, 0.1) is 0 Å². The maximum Gasteiger partial charge on any atom is 0.0895 e. The van der Waals surface area contributed by atoms with Gasteiger partial charge in [0.05, 0.1) is 19.3 Å². The number of hydrogen-bond donors (Lipinski definition) is 4. The first kappa shape index (κ1) is 11.9. The molecule has 0 heterocycles. The van der Waals surface area contributed by atoms with Gasteiger partial charge in [-0.15, -0.1) is 0 Å². The largest absolute Gasteiger partial charge is 0.394 e. The minimum absolute atomic E-state index is 0.116. The Morgan fingerprint density at radius 1 is 1.14 bits per heavy atom. The van der Waals surface area contributed by atoms with Crippen LogP contribution in [0.15, 0.2) is 0 Å². The average molecular weight is 203 g/mol. The lowest BCUT2D eigenvalue weighted by Gasteiger charge is -2.37. The van der Waals surface area contributed by atoms with Crippen LogP contribution < -0.4 is 5.32 Å². The SMILES string of the molecule is OC[C@@H](O)CNC1(CO)CCCCC1. The maximum absolute atomic E-state index is 9.32. The zero-order chi connectivity index (χ0) is 10.4. The first-order chi connectivity index (χ1) is 6.72. The van der Waals surface area contributed by atoms with Gasteiger partial charge in [-0.25, -0.2) is 0 Å². The molecule has 0 aromatic carbocycles. The summed E-state index contributed by atoms with van der Waals surface area (Å²) in [4.78, 5) is 0. The lowest BCUT2D eigenvalue weighted by Crippen LogP contribution is -2.52. The number of hydrogen-bond acceptors (Lipinski definition) is 4. The van der Waals surface area contributed by atoms with E-state index < -0.39 is 6.10 Å². The second-order valence-electron chi connectivity index (χ2n) is 4.22. The van der Waals surface area contributed by atoms with Gasteiger partial charge in [-0.05, 0) is 12.8 Å². The summed E-state index contributed by atoms with van der Waals surface area (Å²) in [5.41, 5.74) is -0.214. The molecule has 0 aromatic rings. The standard InChI is InChI=1S/C10H21NO3/c12-7-9(14)6-11-10(8-13)4-2-1-3-5-10/h9,11-14H,1-8H2/t9-/m0/s1. The Hall–Kier alpha value is -0.160. The van der Waals surface area contributed by atoms with Crippen molar-refractivity contribution in [3.8, 4) is 0 Å². The lowest BCUT2D eigenvalue weighted by molar-refractivity contribution is 0.0645. The minimum Gasteiger partial charge on any atom is -0.394 e. The molecular formula is C10H21NO3. The summed E-state index contributed by atoms with van der Waals surface area (Å²) in [6.07, 6.45) is 4.68. The van der Waals surface area contributed by atoms with E-state index in [1.54, 1.807) is 0 Å². The van der Waals surface area contributed by atoms with Crippen LogP contribution in [-0.4, -0.2) is 46.7 Å². The first-order valence-electron chi connectivity index (χ1n) is 5.37. The van der Waals surface area contributed by atoms with Crippen LogP contribution in [-0.2, 0) is 0 Å². The molecule has 1 rings (SSSR count). The highest BCUT2D eigenvalue weighted by molar-refractivity contribution is 4.90. The van der Waals surface area contributed by atoms with Crippen LogP contribution in [0.2, 0.25) is 0 Å². The molecule has 1 atom stereocenters. The third-order valence-corrected chi connectivity index (χ3v) is 3.04. The topological polar surface area (TPSA) is 72.7 Å². The number of aliphatic hydroxyl groups is 3. The highest BCUT2D eigenvalue weighted by Gasteiger charge is 2.30. The zero-order valence-corrected chi connectivity index (χ0v) is 8.58. The molecule has 1 aliphatic rings. The molecule has 1 aliphatic carbocycles. The van der Waals surface area contributed by atoms with E-state index >= 15 is 0 Å². The minimum atomic E-state index is -0.722. The molecule has 1 fully saturated rings. The van der Waals surface area contributed by atoms with Crippen molar-refractivity contribution in [1.82, 2.24) is 5.32 Å². The van der Waals surface area contributed by atoms with E-state index in [0.717, 1.165) is 25.7 Å². The third-order valence-electron chi connectivity index (χ3n) is 3.04. The number of aliphatic hydroxyl groups excluding tert-OH is 3. The number of β-amino-alcohol motifs (C(OH)–C–C–N with tert-alkyl or cyclic N) is 1. The quantitative estimate of drug-likeness (QED) is 0.492. The molecule has 4 N–H and O–H groups in total. The molecule has 0 radical (unpaired) electrons. The van der Waals surface area contributed by atoms with Crippen molar-refractivity contribution in [3.63, 3.8) is 0 Å². The van der Waals surface area contributed by atoms with E-state index in [1.807, 2.05) is 0 Å². The van der Waals surface area contributed by atoms with Gasteiger partial charge in [0, 0.05) is 12.1 Å². The van der Waals surface area contributed by atoms with Gasteiger partial charge >= 0.3 is 0 Å². The first-order valence-corrected chi connectivity index (χ1v) is 5.37. The molecule has 4 nitrogen and oxygen atoms in total. The Kier molecular flexibility index (Phi) is 4.81. The van der Waals surface area contributed by atoms with Gasteiger partial charge in [0.15, 0.2) is 0 Å². The van der Waals surface area contributed by atoms with E-state index in [9.17, 15) is 10.2 Å². The Morgan fingerprint density at radius 2 is 1.79 bits per heavy atom. The molecule has 0 saturated heterocycles.